The minimum Gasteiger partial charge on any atom is -0.342 e. The lowest BCUT2D eigenvalue weighted by Gasteiger charge is -2.18. The third-order valence-corrected chi connectivity index (χ3v) is 3.60. The van der Waals surface area contributed by atoms with Crippen LogP contribution in [-0.4, -0.2) is 30.4 Å². The summed E-state index contributed by atoms with van der Waals surface area (Å²) in [4.78, 5) is 13.8. The topological polar surface area (TPSA) is 32.3 Å². The second-order valence-corrected chi connectivity index (χ2v) is 5.18. The number of likely N-dealkylation sites (tertiary alicyclic amines) is 1. The molecular weight excluding hydrogens is 248 g/mol. The Kier molecular flexibility index (Phi) is 4.61. The van der Waals surface area contributed by atoms with Gasteiger partial charge in [0.05, 0.1) is 6.54 Å². The molecule has 0 aliphatic carbocycles. The molecular formula is C14H19ClN2O. The Morgan fingerprint density at radius 2 is 2.17 bits per heavy atom. The van der Waals surface area contributed by atoms with Gasteiger partial charge in [-0.05, 0) is 37.5 Å². The van der Waals surface area contributed by atoms with E-state index in [0.717, 1.165) is 36.5 Å². The van der Waals surface area contributed by atoms with Crippen molar-refractivity contribution in [2.75, 3.05) is 19.6 Å². The minimum absolute atomic E-state index is 0.134. The quantitative estimate of drug-likeness (QED) is 0.909. The molecule has 0 saturated carbocycles. The van der Waals surface area contributed by atoms with Crippen molar-refractivity contribution in [2.24, 2.45) is 0 Å². The molecule has 1 heterocycles. The Hall–Kier alpha value is -1.06. The molecule has 1 N–H and O–H groups in total. The number of nitrogens with one attached hydrogen (secondary N) is 1. The van der Waals surface area contributed by atoms with Crippen LogP contribution in [0, 0.1) is 0 Å². The predicted molar refractivity (Wildman–Crippen MR) is 73.7 cm³/mol. The highest BCUT2D eigenvalue weighted by Crippen LogP contribution is 2.17. The minimum atomic E-state index is 0.134. The number of nitrogens with zero attached hydrogens (tertiary/aromatic N) is 1. The van der Waals surface area contributed by atoms with Gasteiger partial charge < -0.3 is 10.2 Å². The standard InChI is InChI=1S/C14H19ClN2O/c1-11(12-5-4-6-13(15)9-12)16-10-14(18)17-7-2-3-8-17/h4-6,9,11,16H,2-3,7-8,10H2,1H3/t11-/m1/s1. The summed E-state index contributed by atoms with van der Waals surface area (Å²) in [7, 11) is 0. The van der Waals surface area contributed by atoms with Crippen molar-refractivity contribution in [1.82, 2.24) is 10.2 Å². The van der Waals surface area contributed by atoms with Crippen LogP contribution in [0.2, 0.25) is 5.02 Å². The molecule has 1 fully saturated rings. The fourth-order valence-corrected chi connectivity index (χ4v) is 2.41. The Bertz CT molecular complexity index is 416. The van der Waals surface area contributed by atoms with Gasteiger partial charge in [-0.25, -0.2) is 0 Å². The molecule has 1 saturated heterocycles. The lowest BCUT2D eigenvalue weighted by atomic mass is 10.1. The maximum Gasteiger partial charge on any atom is 0.236 e. The van der Waals surface area contributed by atoms with E-state index < -0.39 is 0 Å². The summed E-state index contributed by atoms with van der Waals surface area (Å²) >= 11 is 5.95. The summed E-state index contributed by atoms with van der Waals surface area (Å²) < 4.78 is 0. The lowest BCUT2D eigenvalue weighted by molar-refractivity contribution is -0.129. The Balaban J connectivity index is 1.84. The SMILES string of the molecule is C[C@@H](NCC(=O)N1CCCC1)c1cccc(Cl)c1. The van der Waals surface area contributed by atoms with E-state index in [9.17, 15) is 4.79 Å². The van der Waals surface area contributed by atoms with Crippen molar-refractivity contribution >= 4 is 17.5 Å². The molecule has 1 aliphatic heterocycles. The molecule has 0 radical (unpaired) electrons. The second-order valence-electron chi connectivity index (χ2n) is 4.75. The van der Waals surface area contributed by atoms with Gasteiger partial charge in [0.1, 0.15) is 0 Å². The number of halogens is 1. The van der Waals surface area contributed by atoms with E-state index in [1.165, 1.54) is 0 Å². The monoisotopic (exact) mass is 266 g/mol. The van der Waals surface area contributed by atoms with Gasteiger partial charge >= 0.3 is 0 Å². The fraction of sp³-hybridized carbons (Fsp3) is 0.500. The average molecular weight is 267 g/mol. The van der Waals surface area contributed by atoms with Crippen LogP contribution in [0.1, 0.15) is 31.4 Å². The molecule has 0 spiro atoms. The van der Waals surface area contributed by atoms with E-state index in [4.69, 9.17) is 11.6 Å². The summed E-state index contributed by atoms with van der Waals surface area (Å²) in [5.74, 6) is 0.196. The van der Waals surface area contributed by atoms with Gasteiger partial charge in [0.15, 0.2) is 0 Å². The van der Waals surface area contributed by atoms with Gasteiger partial charge in [-0.15, -0.1) is 0 Å². The molecule has 0 unspecified atom stereocenters. The van der Waals surface area contributed by atoms with Crippen molar-refractivity contribution in [3.8, 4) is 0 Å². The zero-order chi connectivity index (χ0) is 13.0. The van der Waals surface area contributed by atoms with Crippen LogP contribution in [-0.2, 0) is 4.79 Å². The first kappa shape index (κ1) is 13.4. The van der Waals surface area contributed by atoms with Gasteiger partial charge in [-0.3, -0.25) is 4.79 Å². The van der Waals surface area contributed by atoms with Crippen molar-refractivity contribution in [3.05, 3.63) is 34.9 Å². The Labute approximate surface area is 113 Å². The van der Waals surface area contributed by atoms with Crippen LogP contribution >= 0.6 is 11.6 Å². The highest BCUT2D eigenvalue weighted by molar-refractivity contribution is 6.30. The summed E-state index contributed by atoms with van der Waals surface area (Å²) in [6, 6.07) is 7.87. The highest BCUT2D eigenvalue weighted by Gasteiger charge is 2.18. The number of carbonyl (C=O) groups excluding carboxylic acids is 1. The number of carbonyl (C=O) groups is 1. The molecule has 98 valence electrons. The summed E-state index contributed by atoms with van der Waals surface area (Å²) in [5.41, 5.74) is 1.11. The Morgan fingerprint density at radius 3 is 2.83 bits per heavy atom. The zero-order valence-corrected chi connectivity index (χ0v) is 11.4. The molecule has 1 atom stereocenters. The van der Waals surface area contributed by atoms with E-state index in [1.54, 1.807) is 0 Å². The van der Waals surface area contributed by atoms with Crippen LogP contribution in [0.4, 0.5) is 0 Å². The number of benzene rings is 1. The zero-order valence-electron chi connectivity index (χ0n) is 10.7. The van der Waals surface area contributed by atoms with Gasteiger partial charge in [-0.2, -0.15) is 0 Å². The maximum atomic E-state index is 11.9. The van der Waals surface area contributed by atoms with Crippen LogP contribution in [0.25, 0.3) is 0 Å². The molecule has 1 aromatic rings. The summed E-state index contributed by atoms with van der Waals surface area (Å²) in [5, 5.41) is 3.98. The molecule has 18 heavy (non-hydrogen) atoms. The molecule has 0 aromatic heterocycles. The first-order valence-corrected chi connectivity index (χ1v) is 6.81. The summed E-state index contributed by atoms with van der Waals surface area (Å²) in [6.07, 6.45) is 2.27. The van der Waals surface area contributed by atoms with Gasteiger partial charge in [0, 0.05) is 24.2 Å². The van der Waals surface area contributed by atoms with Crippen LogP contribution in [0.15, 0.2) is 24.3 Å². The van der Waals surface area contributed by atoms with Crippen molar-refractivity contribution in [1.29, 1.82) is 0 Å². The fourth-order valence-electron chi connectivity index (χ4n) is 2.21. The first-order valence-electron chi connectivity index (χ1n) is 6.43. The molecule has 1 aromatic carbocycles. The van der Waals surface area contributed by atoms with E-state index >= 15 is 0 Å². The predicted octanol–water partition coefficient (Wildman–Crippen LogP) is 2.61. The van der Waals surface area contributed by atoms with Gasteiger partial charge in [0.2, 0.25) is 5.91 Å². The number of hydrogen-bond acceptors (Lipinski definition) is 2. The average Bonchev–Trinajstić information content (AvgIpc) is 2.89. The summed E-state index contributed by atoms with van der Waals surface area (Å²) in [6.45, 7) is 4.26. The lowest BCUT2D eigenvalue weighted by Crippen LogP contribution is -2.37. The molecule has 4 heteroatoms. The van der Waals surface area contributed by atoms with Crippen molar-refractivity contribution < 1.29 is 4.79 Å². The van der Waals surface area contributed by atoms with Crippen LogP contribution < -0.4 is 5.32 Å². The van der Waals surface area contributed by atoms with Crippen LogP contribution in [0.5, 0.6) is 0 Å². The normalized spacial score (nSPS) is 16.9. The van der Waals surface area contributed by atoms with Gasteiger partial charge in [0.25, 0.3) is 0 Å². The van der Waals surface area contributed by atoms with Crippen LogP contribution in [0.3, 0.4) is 0 Å². The molecule has 2 rings (SSSR count). The van der Waals surface area contributed by atoms with E-state index in [-0.39, 0.29) is 11.9 Å². The molecule has 1 aliphatic rings. The van der Waals surface area contributed by atoms with E-state index in [0.29, 0.717) is 6.54 Å². The largest absolute Gasteiger partial charge is 0.342 e. The number of amides is 1. The van der Waals surface area contributed by atoms with Crippen molar-refractivity contribution in [3.63, 3.8) is 0 Å². The smallest absolute Gasteiger partial charge is 0.236 e. The first-order chi connectivity index (χ1) is 8.66. The third kappa shape index (κ3) is 3.47. The number of hydrogen-bond donors (Lipinski definition) is 1. The van der Waals surface area contributed by atoms with Crippen molar-refractivity contribution in [2.45, 2.75) is 25.8 Å². The van der Waals surface area contributed by atoms with E-state index in [2.05, 4.69) is 5.32 Å². The van der Waals surface area contributed by atoms with Gasteiger partial charge in [-0.1, -0.05) is 23.7 Å². The molecule has 0 bridgehead atoms. The maximum absolute atomic E-state index is 11.9. The molecule has 1 amide bonds. The Morgan fingerprint density at radius 1 is 1.44 bits per heavy atom. The third-order valence-electron chi connectivity index (χ3n) is 3.37. The number of rotatable bonds is 4. The second kappa shape index (κ2) is 6.21. The van der Waals surface area contributed by atoms with E-state index in [1.807, 2.05) is 36.1 Å². The highest BCUT2D eigenvalue weighted by atomic mass is 35.5. The molecule has 3 nitrogen and oxygen atoms in total.